The summed E-state index contributed by atoms with van der Waals surface area (Å²) in [6.45, 7) is 3.73. The van der Waals surface area contributed by atoms with Crippen LogP contribution in [0.25, 0.3) is 0 Å². The monoisotopic (exact) mass is 470 g/mol. The van der Waals surface area contributed by atoms with Gasteiger partial charge in [0.25, 0.3) is 11.5 Å². The molecule has 1 N–H and O–H groups in total. The van der Waals surface area contributed by atoms with Crippen LogP contribution >= 0.6 is 11.6 Å². The highest BCUT2D eigenvalue weighted by Crippen LogP contribution is 2.27. The fourth-order valence-electron chi connectivity index (χ4n) is 4.30. The third-order valence-corrected chi connectivity index (χ3v) is 6.65. The normalized spacial score (nSPS) is 19.1. The lowest BCUT2D eigenvalue weighted by molar-refractivity contribution is -0.122. The molecule has 9 heteroatoms. The fourth-order valence-corrected chi connectivity index (χ4v) is 4.43. The summed E-state index contributed by atoms with van der Waals surface area (Å²) in [5, 5.41) is 3.22. The first kappa shape index (κ1) is 23.0. The van der Waals surface area contributed by atoms with Gasteiger partial charge >= 0.3 is 0 Å². The van der Waals surface area contributed by atoms with Gasteiger partial charge in [0.05, 0.1) is 11.5 Å². The van der Waals surface area contributed by atoms with Gasteiger partial charge in [-0.1, -0.05) is 18.5 Å². The molecule has 8 nitrogen and oxygen atoms in total. The molecule has 0 radical (unpaired) electrons. The van der Waals surface area contributed by atoms with Crippen molar-refractivity contribution in [3.05, 3.63) is 57.5 Å². The summed E-state index contributed by atoms with van der Waals surface area (Å²) in [7, 11) is 1.55. The number of halogens is 1. The number of hydrogen-bond donors (Lipinski definition) is 1. The quantitative estimate of drug-likeness (QED) is 0.743. The lowest BCUT2D eigenvalue weighted by Crippen LogP contribution is -2.38. The van der Waals surface area contributed by atoms with Gasteiger partial charge in [-0.15, -0.1) is 0 Å². The predicted molar refractivity (Wildman–Crippen MR) is 127 cm³/mol. The molecule has 174 valence electrons. The summed E-state index contributed by atoms with van der Waals surface area (Å²) >= 11 is 5.92. The summed E-state index contributed by atoms with van der Waals surface area (Å²) < 4.78 is 1.30. The average Bonchev–Trinajstić information content (AvgIpc) is 3.19. The van der Waals surface area contributed by atoms with Gasteiger partial charge < -0.3 is 19.7 Å². The molecule has 0 saturated carbocycles. The van der Waals surface area contributed by atoms with E-state index in [0.29, 0.717) is 35.3 Å². The van der Waals surface area contributed by atoms with Crippen LogP contribution in [-0.4, -0.2) is 46.8 Å². The lowest BCUT2D eigenvalue weighted by Gasteiger charge is -2.30. The van der Waals surface area contributed by atoms with Crippen LogP contribution < -0.4 is 15.8 Å². The van der Waals surface area contributed by atoms with Crippen LogP contribution in [0.5, 0.6) is 0 Å². The van der Waals surface area contributed by atoms with Gasteiger partial charge in [0.2, 0.25) is 11.8 Å². The molecular weight excluding hydrogens is 444 g/mol. The Hall–Kier alpha value is -3.13. The van der Waals surface area contributed by atoms with Crippen molar-refractivity contribution in [2.75, 3.05) is 29.9 Å². The van der Waals surface area contributed by atoms with E-state index in [1.165, 1.54) is 21.7 Å². The zero-order valence-corrected chi connectivity index (χ0v) is 19.5. The number of pyridine rings is 1. The summed E-state index contributed by atoms with van der Waals surface area (Å²) in [5.74, 6) is -0.772. The maximum atomic E-state index is 13.0. The average molecular weight is 471 g/mol. The van der Waals surface area contributed by atoms with Gasteiger partial charge in [-0.05, 0) is 49.1 Å². The molecule has 2 fully saturated rings. The number of carbonyl (C=O) groups is 3. The van der Waals surface area contributed by atoms with E-state index in [0.717, 1.165) is 12.8 Å². The van der Waals surface area contributed by atoms with Crippen LogP contribution in [0.15, 0.2) is 41.3 Å². The minimum Gasteiger partial charge on any atom is -0.339 e. The Bertz CT molecular complexity index is 1140. The molecule has 3 amide bonds. The number of hydrogen-bond acceptors (Lipinski definition) is 4. The Labute approximate surface area is 197 Å². The summed E-state index contributed by atoms with van der Waals surface area (Å²) in [4.78, 5) is 54.3. The number of aryl methyl sites for hydroxylation is 1. The maximum Gasteiger partial charge on any atom is 0.274 e. The standard InChI is InChI=1S/C24H27ClN4O4/c1-15-7-9-28(10-8-15)23(32)17-11-20(24(33)27(2)13-17)26-22(31)16-12-21(30)29(14-16)19-5-3-18(25)4-6-19/h3-6,11,13,15-16H,7-10,12,14H2,1-2H3,(H,26,31). The Morgan fingerprint density at radius 2 is 1.76 bits per heavy atom. The molecule has 1 aromatic carbocycles. The zero-order valence-electron chi connectivity index (χ0n) is 18.7. The molecular formula is C24H27ClN4O4. The molecule has 0 spiro atoms. The number of anilines is 2. The predicted octanol–water partition coefficient (Wildman–Crippen LogP) is 2.90. The van der Waals surface area contributed by atoms with E-state index < -0.39 is 17.4 Å². The first-order valence-corrected chi connectivity index (χ1v) is 11.5. The van der Waals surface area contributed by atoms with Crippen molar-refractivity contribution in [1.82, 2.24) is 9.47 Å². The van der Waals surface area contributed by atoms with E-state index in [-0.39, 0.29) is 30.5 Å². The van der Waals surface area contributed by atoms with E-state index in [2.05, 4.69) is 12.2 Å². The van der Waals surface area contributed by atoms with E-state index in [1.54, 1.807) is 36.2 Å². The van der Waals surface area contributed by atoms with E-state index in [1.807, 2.05) is 0 Å². The number of amides is 3. The Morgan fingerprint density at radius 3 is 2.42 bits per heavy atom. The lowest BCUT2D eigenvalue weighted by atomic mass is 9.99. The van der Waals surface area contributed by atoms with Gasteiger partial charge in [0.1, 0.15) is 5.69 Å². The van der Waals surface area contributed by atoms with Crippen LogP contribution in [0.4, 0.5) is 11.4 Å². The second-order valence-electron chi connectivity index (χ2n) is 8.90. The molecule has 4 rings (SSSR count). The molecule has 0 aliphatic carbocycles. The minimum absolute atomic E-state index is 0.0381. The van der Waals surface area contributed by atoms with Gasteiger partial charge in [0, 0.05) is 50.0 Å². The van der Waals surface area contributed by atoms with E-state index in [9.17, 15) is 19.2 Å². The molecule has 2 aliphatic rings. The second-order valence-corrected chi connectivity index (χ2v) is 9.34. The van der Waals surface area contributed by atoms with Crippen molar-refractivity contribution in [2.45, 2.75) is 26.2 Å². The van der Waals surface area contributed by atoms with E-state index in [4.69, 9.17) is 11.6 Å². The topological polar surface area (TPSA) is 91.7 Å². The number of benzene rings is 1. The minimum atomic E-state index is -0.610. The third kappa shape index (κ3) is 4.95. The smallest absolute Gasteiger partial charge is 0.274 e. The zero-order chi connectivity index (χ0) is 23.7. The third-order valence-electron chi connectivity index (χ3n) is 6.39. The molecule has 2 aromatic rings. The van der Waals surface area contributed by atoms with Crippen LogP contribution in [0.1, 0.15) is 36.5 Å². The van der Waals surface area contributed by atoms with Crippen molar-refractivity contribution in [3.8, 4) is 0 Å². The molecule has 0 bridgehead atoms. The SMILES string of the molecule is CC1CCN(C(=O)c2cc(NC(=O)C3CC(=O)N(c4ccc(Cl)cc4)C3)c(=O)n(C)c2)CC1. The van der Waals surface area contributed by atoms with Gasteiger partial charge in [-0.25, -0.2) is 0 Å². The van der Waals surface area contributed by atoms with Crippen LogP contribution in [0, 0.1) is 11.8 Å². The maximum absolute atomic E-state index is 13.0. The second kappa shape index (κ2) is 9.39. The number of rotatable bonds is 4. The van der Waals surface area contributed by atoms with E-state index >= 15 is 0 Å². The molecule has 33 heavy (non-hydrogen) atoms. The number of piperidine rings is 1. The van der Waals surface area contributed by atoms with Gasteiger partial charge in [0.15, 0.2) is 0 Å². The van der Waals surface area contributed by atoms with Crippen LogP contribution in [-0.2, 0) is 16.6 Å². The number of nitrogens with one attached hydrogen (secondary N) is 1. The largest absolute Gasteiger partial charge is 0.339 e. The molecule has 1 atom stereocenters. The Morgan fingerprint density at radius 1 is 1.09 bits per heavy atom. The number of nitrogens with zero attached hydrogens (tertiary/aromatic N) is 3. The fraction of sp³-hybridized carbons (Fsp3) is 0.417. The van der Waals surface area contributed by atoms with Crippen molar-refractivity contribution >= 4 is 40.7 Å². The molecule has 2 saturated heterocycles. The molecule has 1 aromatic heterocycles. The molecule has 2 aliphatic heterocycles. The summed E-state index contributed by atoms with van der Waals surface area (Å²) in [5.41, 5.74) is 0.647. The van der Waals surface area contributed by atoms with Crippen molar-refractivity contribution in [2.24, 2.45) is 18.9 Å². The Balaban J connectivity index is 1.48. The van der Waals surface area contributed by atoms with Gasteiger partial charge in [-0.3, -0.25) is 19.2 Å². The molecule has 3 heterocycles. The van der Waals surface area contributed by atoms with Crippen molar-refractivity contribution in [1.29, 1.82) is 0 Å². The number of likely N-dealkylation sites (tertiary alicyclic amines) is 1. The summed E-state index contributed by atoms with van der Waals surface area (Å²) in [6.07, 6.45) is 3.43. The number of aromatic nitrogens is 1. The first-order chi connectivity index (χ1) is 15.7. The van der Waals surface area contributed by atoms with Gasteiger partial charge in [-0.2, -0.15) is 0 Å². The van der Waals surface area contributed by atoms with Crippen molar-refractivity contribution < 1.29 is 14.4 Å². The van der Waals surface area contributed by atoms with Crippen LogP contribution in [0.2, 0.25) is 5.02 Å². The highest BCUT2D eigenvalue weighted by atomic mass is 35.5. The van der Waals surface area contributed by atoms with Crippen molar-refractivity contribution in [3.63, 3.8) is 0 Å². The highest BCUT2D eigenvalue weighted by Gasteiger charge is 2.35. The van der Waals surface area contributed by atoms with Crippen LogP contribution in [0.3, 0.4) is 0 Å². The number of carbonyl (C=O) groups excluding carboxylic acids is 3. The highest BCUT2D eigenvalue weighted by molar-refractivity contribution is 6.30. The Kier molecular flexibility index (Phi) is 6.56. The molecule has 1 unspecified atom stereocenters. The first-order valence-electron chi connectivity index (χ1n) is 11.1. The summed E-state index contributed by atoms with van der Waals surface area (Å²) in [6, 6.07) is 8.27.